The summed E-state index contributed by atoms with van der Waals surface area (Å²) in [6.45, 7) is 0.303. The molecular weight excluding hydrogens is 479 g/mol. The van der Waals surface area contributed by atoms with Gasteiger partial charge >= 0.3 is 12.1 Å². The second-order valence-corrected chi connectivity index (χ2v) is 8.67. The maximum atomic E-state index is 13.8. The van der Waals surface area contributed by atoms with Gasteiger partial charge in [0, 0.05) is 22.3 Å². The Balaban J connectivity index is 1.59. The number of carboxylic acids is 1. The Morgan fingerprint density at radius 1 is 0.838 bits per heavy atom. The molecule has 0 atom stereocenters. The topological polar surface area (TPSA) is 67.2 Å². The molecule has 1 heterocycles. The molecule has 0 unspecified atom stereocenters. The number of benzene rings is 4. The van der Waals surface area contributed by atoms with Crippen LogP contribution >= 0.6 is 0 Å². The molecule has 1 aromatic heterocycles. The molecule has 0 fully saturated rings. The van der Waals surface area contributed by atoms with Crippen LogP contribution in [0.3, 0.4) is 0 Å². The summed E-state index contributed by atoms with van der Waals surface area (Å²) < 4.78 is 43.0. The largest absolute Gasteiger partial charge is 0.481 e. The van der Waals surface area contributed by atoms with Crippen molar-refractivity contribution in [2.24, 2.45) is 0 Å². The van der Waals surface area contributed by atoms with Crippen LogP contribution in [0.25, 0.3) is 22.2 Å². The van der Waals surface area contributed by atoms with E-state index in [1.54, 1.807) is 28.9 Å². The average molecular weight is 502 g/mol. The molecule has 186 valence electrons. The van der Waals surface area contributed by atoms with Crippen LogP contribution in [0.15, 0.2) is 97.1 Å². The Bertz CT molecular complexity index is 1580. The Morgan fingerprint density at radius 3 is 2.24 bits per heavy atom. The molecule has 2 N–H and O–H groups in total. The molecule has 0 aliphatic rings. The van der Waals surface area contributed by atoms with Crippen molar-refractivity contribution in [3.63, 3.8) is 0 Å². The number of rotatable bonds is 7. The van der Waals surface area contributed by atoms with Gasteiger partial charge in [0.1, 0.15) is 5.52 Å². The van der Waals surface area contributed by atoms with Crippen LogP contribution in [-0.4, -0.2) is 20.9 Å². The third kappa shape index (κ3) is 5.33. The van der Waals surface area contributed by atoms with E-state index in [9.17, 15) is 18.0 Å². The maximum absolute atomic E-state index is 13.8. The van der Waals surface area contributed by atoms with E-state index in [0.717, 1.165) is 11.6 Å². The zero-order valence-electron chi connectivity index (χ0n) is 19.5. The highest BCUT2D eigenvalue weighted by atomic mass is 19.4. The summed E-state index contributed by atoms with van der Waals surface area (Å²) in [5.41, 5.74) is 3.38. The number of halogens is 3. The number of aromatic nitrogens is 2. The number of hydrogen-bond donors (Lipinski definition) is 2. The molecular formula is C29H22F3N3O2. The van der Waals surface area contributed by atoms with Gasteiger partial charge in [0.25, 0.3) is 0 Å². The summed E-state index contributed by atoms with van der Waals surface area (Å²) in [6.07, 6.45) is -4.63. The molecule has 37 heavy (non-hydrogen) atoms. The summed E-state index contributed by atoms with van der Waals surface area (Å²) in [7, 11) is 0. The molecule has 4 aromatic carbocycles. The zero-order chi connectivity index (χ0) is 26.0. The van der Waals surface area contributed by atoms with Crippen molar-refractivity contribution in [2.75, 3.05) is 5.32 Å². The SMILES string of the molecule is O=C(O)Cc1cccc(Nc2cccc(-c3c4cccc(C(F)(F)F)c4nn3Cc3ccccc3)c2)c1. The minimum Gasteiger partial charge on any atom is -0.481 e. The smallest absolute Gasteiger partial charge is 0.418 e. The fourth-order valence-corrected chi connectivity index (χ4v) is 4.40. The number of aliphatic carboxylic acids is 1. The lowest BCUT2D eigenvalue weighted by Gasteiger charge is -2.12. The highest BCUT2D eigenvalue weighted by molar-refractivity contribution is 5.96. The lowest BCUT2D eigenvalue weighted by atomic mass is 10.0. The number of nitrogens with one attached hydrogen (secondary N) is 1. The summed E-state index contributed by atoms with van der Waals surface area (Å²) in [5.74, 6) is -0.920. The van der Waals surface area contributed by atoms with Crippen LogP contribution in [0.4, 0.5) is 24.5 Å². The first-order chi connectivity index (χ1) is 17.8. The zero-order valence-corrected chi connectivity index (χ0v) is 19.5. The van der Waals surface area contributed by atoms with Gasteiger partial charge in [-0.25, -0.2) is 0 Å². The van der Waals surface area contributed by atoms with Crippen molar-refractivity contribution in [3.8, 4) is 11.3 Å². The summed E-state index contributed by atoms with van der Waals surface area (Å²) >= 11 is 0. The molecule has 0 radical (unpaired) electrons. The molecule has 0 saturated heterocycles. The Labute approximate surface area is 210 Å². The fourth-order valence-electron chi connectivity index (χ4n) is 4.40. The summed E-state index contributed by atoms with van der Waals surface area (Å²) in [6, 6.07) is 28.0. The molecule has 0 amide bonds. The summed E-state index contributed by atoms with van der Waals surface area (Å²) in [5, 5.41) is 17.2. The lowest BCUT2D eigenvalue weighted by Crippen LogP contribution is -2.06. The third-order valence-corrected chi connectivity index (χ3v) is 5.96. The van der Waals surface area contributed by atoms with E-state index in [1.165, 1.54) is 6.07 Å². The third-order valence-electron chi connectivity index (χ3n) is 5.96. The minimum atomic E-state index is -4.53. The number of carboxylic acid groups (broad SMARTS) is 1. The monoisotopic (exact) mass is 501 g/mol. The highest BCUT2D eigenvalue weighted by Crippen LogP contribution is 2.38. The molecule has 0 bridgehead atoms. The van der Waals surface area contributed by atoms with Gasteiger partial charge in [-0.3, -0.25) is 9.48 Å². The molecule has 0 saturated carbocycles. The summed E-state index contributed by atoms with van der Waals surface area (Å²) in [4.78, 5) is 11.1. The van der Waals surface area contributed by atoms with E-state index in [-0.39, 0.29) is 11.9 Å². The molecule has 5 nitrogen and oxygen atoms in total. The van der Waals surface area contributed by atoms with Gasteiger partial charge in [-0.15, -0.1) is 0 Å². The van der Waals surface area contributed by atoms with Crippen molar-refractivity contribution in [1.82, 2.24) is 9.78 Å². The van der Waals surface area contributed by atoms with Gasteiger partial charge in [-0.2, -0.15) is 18.3 Å². The van der Waals surface area contributed by atoms with Gasteiger partial charge < -0.3 is 10.4 Å². The normalized spacial score (nSPS) is 11.5. The number of alkyl halides is 3. The minimum absolute atomic E-state index is 0.0955. The van der Waals surface area contributed by atoms with E-state index in [1.807, 2.05) is 60.7 Å². The first-order valence-electron chi connectivity index (χ1n) is 11.6. The van der Waals surface area contributed by atoms with E-state index < -0.39 is 17.7 Å². The number of carbonyl (C=O) groups is 1. The Kier molecular flexibility index (Phi) is 6.40. The van der Waals surface area contributed by atoms with Crippen molar-refractivity contribution in [3.05, 3.63) is 114 Å². The Hall–Kier alpha value is -4.59. The number of nitrogens with zero attached hydrogens (tertiary/aromatic N) is 2. The van der Waals surface area contributed by atoms with Crippen LogP contribution in [-0.2, 0) is 23.9 Å². The standard InChI is InChI=1S/C29H22F3N3O2/c30-29(31,32)25-14-6-13-24-27(25)34-35(18-19-7-2-1-3-8-19)28(24)21-10-5-12-23(17-21)33-22-11-4-9-20(15-22)16-26(36)37/h1-15,17,33H,16,18H2,(H,36,37). The van der Waals surface area contributed by atoms with Gasteiger partial charge in [-0.05, 0) is 41.5 Å². The molecule has 0 aliphatic heterocycles. The van der Waals surface area contributed by atoms with Crippen molar-refractivity contribution < 1.29 is 23.1 Å². The van der Waals surface area contributed by atoms with Crippen LogP contribution in [0.2, 0.25) is 0 Å². The predicted octanol–water partition coefficient (Wildman–Crippen LogP) is 7.14. The van der Waals surface area contributed by atoms with Crippen molar-refractivity contribution in [1.29, 1.82) is 0 Å². The van der Waals surface area contributed by atoms with Gasteiger partial charge in [0.05, 0.1) is 24.2 Å². The van der Waals surface area contributed by atoms with Crippen LogP contribution < -0.4 is 5.32 Å². The van der Waals surface area contributed by atoms with Crippen LogP contribution in [0.1, 0.15) is 16.7 Å². The first kappa shape index (κ1) is 24.1. The number of anilines is 2. The maximum Gasteiger partial charge on any atom is 0.418 e. The molecule has 0 spiro atoms. The van der Waals surface area contributed by atoms with Crippen LogP contribution in [0.5, 0.6) is 0 Å². The molecule has 5 aromatic rings. The van der Waals surface area contributed by atoms with E-state index >= 15 is 0 Å². The van der Waals surface area contributed by atoms with Gasteiger partial charge in [-0.1, -0.05) is 66.7 Å². The highest BCUT2D eigenvalue weighted by Gasteiger charge is 2.34. The first-order valence-corrected chi connectivity index (χ1v) is 11.6. The fraction of sp³-hybridized carbons (Fsp3) is 0.103. The predicted molar refractivity (Wildman–Crippen MR) is 137 cm³/mol. The number of fused-ring (bicyclic) bond motifs is 1. The van der Waals surface area contributed by atoms with E-state index in [4.69, 9.17) is 5.11 Å². The molecule has 0 aliphatic carbocycles. The van der Waals surface area contributed by atoms with Crippen LogP contribution in [0, 0.1) is 0 Å². The lowest BCUT2D eigenvalue weighted by molar-refractivity contribution is -0.137. The van der Waals surface area contributed by atoms with Gasteiger partial charge in [0.2, 0.25) is 0 Å². The van der Waals surface area contributed by atoms with Gasteiger partial charge in [0.15, 0.2) is 0 Å². The number of hydrogen-bond acceptors (Lipinski definition) is 3. The van der Waals surface area contributed by atoms with E-state index in [2.05, 4.69) is 10.4 Å². The van der Waals surface area contributed by atoms with Crippen molar-refractivity contribution >= 4 is 28.2 Å². The second-order valence-electron chi connectivity index (χ2n) is 8.67. The van der Waals surface area contributed by atoms with E-state index in [0.29, 0.717) is 40.1 Å². The second kappa shape index (κ2) is 9.81. The van der Waals surface area contributed by atoms with Crippen molar-refractivity contribution in [2.45, 2.75) is 19.1 Å². The quantitative estimate of drug-likeness (QED) is 0.249. The Morgan fingerprint density at radius 2 is 1.51 bits per heavy atom. The molecule has 5 rings (SSSR count). The molecule has 8 heteroatoms. The average Bonchev–Trinajstić information content (AvgIpc) is 3.22.